The van der Waals surface area contributed by atoms with Gasteiger partial charge in [0, 0.05) is 13.1 Å². The minimum absolute atomic E-state index is 0.206. The molecule has 2 N–H and O–H groups in total. The molecule has 0 amide bonds. The summed E-state index contributed by atoms with van der Waals surface area (Å²) >= 11 is 0. The van der Waals surface area contributed by atoms with Crippen molar-refractivity contribution >= 4 is 5.97 Å². The molecule has 2 aliphatic rings. The van der Waals surface area contributed by atoms with Crippen LogP contribution in [0.15, 0.2) is 0 Å². The van der Waals surface area contributed by atoms with Crippen LogP contribution in [0.1, 0.15) is 32.6 Å². The summed E-state index contributed by atoms with van der Waals surface area (Å²) in [7, 11) is 4.26. The Hall–Kier alpha value is -0.650. The molecule has 1 atom stereocenters. The Bertz CT molecular complexity index is 349. The van der Waals surface area contributed by atoms with Crippen LogP contribution in [-0.2, 0) is 9.53 Å². The van der Waals surface area contributed by atoms with Gasteiger partial charge in [-0.05, 0) is 71.6 Å². The zero-order chi connectivity index (χ0) is 15.5. The van der Waals surface area contributed by atoms with Crippen LogP contribution in [-0.4, -0.2) is 68.2 Å². The first kappa shape index (κ1) is 16.7. The molecule has 1 aliphatic carbocycles. The Labute approximate surface area is 128 Å². The van der Waals surface area contributed by atoms with Gasteiger partial charge in [-0.15, -0.1) is 0 Å². The van der Waals surface area contributed by atoms with Crippen LogP contribution in [0.25, 0.3) is 0 Å². The zero-order valence-corrected chi connectivity index (χ0v) is 13.8. The molecule has 0 bridgehead atoms. The van der Waals surface area contributed by atoms with E-state index in [1.54, 1.807) is 0 Å². The molecule has 122 valence electrons. The van der Waals surface area contributed by atoms with Gasteiger partial charge in [0.15, 0.2) is 0 Å². The summed E-state index contributed by atoms with van der Waals surface area (Å²) in [6, 6.07) is 0. The number of hydrogen-bond acceptors (Lipinski definition) is 5. The third-order valence-corrected chi connectivity index (χ3v) is 4.78. The fraction of sp³-hybridized carbons (Fsp3) is 0.938. The van der Waals surface area contributed by atoms with E-state index in [2.05, 4.69) is 23.9 Å². The molecular formula is C16H31N3O2. The number of esters is 1. The maximum Gasteiger partial charge on any atom is 0.327 e. The number of piperidine rings is 1. The van der Waals surface area contributed by atoms with Gasteiger partial charge in [-0.25, -0.2) is 4.79 Å². The standard InChI is InChI=1S/C16H31N3O2/c1-4-21-15(20)16(17,14-5-6-14)12-19-9-7-13(8-10-19)11-18(2)3/h13-14H,4-12,17H2,1-3H3. The average Bonchev–Trinajstić information content (AvgIpc) is 3.25. The minimum Gasteiger partial charge on any atom is -0.465 e. The van der Waals surface area contributed by atoms with Crippen molar-refractivity contribution in [2.24, 2.45) is 17.6 Å². The predicted molar refractivity (Wildman–Crippen MR) is 84.0 cm³/mol. The molecular weight excluding hydrogens is 266 g/mol. The fourth-order valence-electron chi connectivity index (χ4n) is 3.44. The van der Waals surface area contributed by atoms with Crippen molar-refractivity contribution in [1.82, 2.24) is 9.80 Å². The van der Waals surface area contributed by atoms with Gasteiger partial charge in [0.2, 0.25) is 0 Å². The van der Waals surface area contributed by atoms with Crippen LogP contribution in [0.4, 0.5) is 0 Å². The third-order valence-electron chi connectivity index (χ3n) is 4.78. The van der Waals surface area contributed by atoms with Crippen LogP contribution in [0.2, 0.25) is 0 Å². The van der Waals surface area contributed by atoms with Gasteiger partial charge in [-0.1, -0.05) is 0 Å². The van der Waals surface area contributed by atoms with Crippen molar-refractivity contribution in [1.29, 1.82) is 0 Å². The van der Waals surface area contributed by atoms with E-state index in [4.69, 9.17) is 10.5 Å². The summed E-state index contributed by atoms with van der Waals surface area (Å²) in [6.07, 6.45) is 4.52. The predicted octanol–water partition coefficient (Wildman–Crippen LogP) is 0.931. The number of nitrogens with two attached hydrogens (primary N) is 1. The van der Waals surface area contributed by atoms with Crippen molar-refractivity contribution in [3.63, 3.8) is 0 Å². The Morgan fingerprint density at radius 2 is 1.90 bits per heavy atom. The second kappa shape index (κ2) is 7.07. The zero-order valence-electron chi connectivity index (χ0n) is 13.8. The largest absolute Gasteiger partial charge is 0.465 e. The molecule has 0 aromatic rings. The summed E-state index contributed by atoms with van der Waals surface area (Å²) in [5.41, 5.74) is 5.67. The second-order valence-electron chi connectivity index (χ2n) is 7.02. The smallest absolute Gasteiger partial charge is 0.327 e. The van der Waals surface area contributed by atoms with Gasteiger partial charge in [-0.3, -0.25) is 0 Å². The molecule has 0 radical (unpaired) electrons. The van der Waals surface area contributed by atoms with E-state index in [1.165, 1.54) is 12.8 Å². The second-order valence-corrected chi connectivity index (χ2v) is 7.02. The maximum absolute atomic E-state index is 12.2. The first-order valence-electron chi connectivity index (χ1n) is 8.29. The number of rotatable bonds is 7. The lowest BCUT2D eigenvalue weighted by Gasteiger charge is -2.38. The Kier molecular flexibility index (Phi) is 5.63. The molecule has 0 aromatic heterocycles. The normalized spacial score (nSPS) is 24.0. The summed E-state index contributed by atoms with van der Waals surface area (Å²) < 4.78 is 5.23. The van der Waals surface area contributed by atoms with Gasteiger partial charge < -0.3 is 20.3 Å². The summed E-state index contributed by atoms with van der Waals surface area (Å²) in [6.45, 7) is 6.16. The van der Waals surface area contributed by atoms with E-state index in [1.807, 2.05) is 6.92 Å². The topological polar surface area (TPSA) is 58.8 Å². The number of carbonyl (C=O) groups excluding carboxylic acids is 1. The van der Waals surface area contributed by atoms with Crippen molar-refractivity contribution < 1.29 is 9.53 Å². The van der Waals surface area contributed by atoms with E-state index in [-0.39, 0.29) is 5.97 Å². The van der Waals surface area contributed by atoms with Crippen molar-refractivity contribution in [3.8, 4) is 0 Å². The monoisotopic (exact) mass is 297 g/mol. The Morgan fingerprint density at radius 3 is 2.38 bits per heavy atom. The highest BCUT2D eigenvalue weighted by Crippen LogP contribution is 2.40. The highest BCUT2D eigenvalue weighted by Gasteiger charge is 2.50. The summed E-state index contributed by atoms with van der Waals surface area (Å²) in [4.78, 5) is 16.9. The van der Waals surface area contributed by atoms with Crippen LogP contribution >= 0.6 is 0 Å². The number of likely N-dealkylation sites (tertiary alicyclic amines) is 1. The highest BCUT2D eigenvalue weighted by atomic mass is 16.5. The molecule has 21 heavy (non-hydrogen) atoms. The molecule has 0 spiro atoms. The quantitative estimate of drug-likeness (QED) is 0.709. The molecule has 5 heteroatoms. The van der Waals surface area contributed by atoms with Crippen molar-refractivity contribution in [3.05, 3.63) is 0 Å². The lowest BCUT2D eigenvalue weighted by molar-refractivity contribution is -0.151. The first-order chi connectivity index (χ1) is 9.95. The van der Waals surface area contributed by atoms with Crippen LogP contribution in [0, 0.1) is 11.8 Å². The first-order valence-corrected chi connectivity index (χ1v) is 8.29. The van der Waals surface area contributed by atoms with Crippen LogP contribution in [0.3, 0.4) is 0 Å². The summed E-state index contributed by atoms with van der Waals surface area (Å²) in [5.74, 6) is 0.880. The molecule has 5 nitrogen and oxygen atoms in total. The van der Waals surface area contributed by atoms with Gasteiger partial charge in [0.1, 0.15) is 5.54 Å². The van der Waals surface area contributed by atoms with Gasteiger partial charge in [0.25, 0.3) is 0 Å². The summed E-state index contributed by atoms with van der Waals surface area (Å²) in [5, 5.41) is 0. The molecule has 0 aromatic carbocycles. The molecule has 1 heterocycles. The molecule has 2 rings (SSSR count). The Morgan fingerprint density at radius 1 is 1.29 bits per heavy atom. The molecule has 1 saturated heterocycles. The van der Waals surface area contributed by atoms with Crippen LogP contribution < -0.4 is 5.73 Å². The fourth-order valence-corrected chi connectivity index (χ4v) is 3.44. The van der Waals surface area contributed by atoms with Gasteiger partial charge >= 0.3 is 5.97 Å². The molecule has 1 aliphatic heterocycles. The van der Waals surface area contributed by atoms with E-state index < -0.39 is 5.54 Å². The maximum atomic E-state index is 12.2. The van der Waals surface area contributed by atoms with E-state index in [0.29, 0.717) is 19.1 Å². The van der Waals surface area contributed by atoms with E-state index >= 15 is 0 Å². The SMILES string of the molecule is CCOC(=O)C(N)(CN1CCC(CN(C)C)CC1)C1CC1. The van der Waals surface area contributed by atoms with Crippen LogP contribution in [0.5, 0.6) is 0 Å². The Balaban J connectivity index is 1.86. The van der Waals surface area contributed by atoms with E-state index in [9.17, 15) is 4.79 Å². The third kappa shape index (κ3) is 4.41. The van der Waals surface area contributed by atoms with Crippen molar-refractivity contribution in [2.75, 3.05) is 46.9 Å². The number of carbonyl (C=O) groups is 1. The van der Waals surface area contributed by atoms with E-state index in [0.717, 1.165) is 38.4 Å². The molecule has 1 unspecified atom stereocenters. The minimum atomic E-state index is -0.787. The van der Waals surface area contributed by atoms with Gasteiger partial charge in [-0.2, -0.15) is 0 Å². The lowest BCUT2D eigenvalue weighted by atomic mass is 9.90. The van der Waals surface area contributed by atoms with Crippen molar-refractivity contribution in [2.45, 2.75) is 38.1 Å². The highest BCUT2D eigenvalue weighted by molar-refractivity contribution is 5.82. The molecule has 2 fully saturated rings. The average molecular weight is 297 g/mol. The number of nitrogens with zero attached hydrogens (tertiary/aromatic N) is 2. The van der Waals surface area contributed by atoms with Gasteiger partial charge in [0.05, 0.1) is 6.61 Å². The lowest BCUT2D eigenvalue weighted by Crippen LogP contribution is -2.59. The molecule has 1 saturated carbocycles. The number of ether oxygens (including phenoxy) is 1. The number of hydrogen-bond donors (Lipinski definition) is 1.